The standard InChI is InChI=1S/C17H24N2/c1-18-15-17-10-8-16(9-11-17)7-3-6-14-19-12-4-2-5-13-19/h8-11,18H,2,4-6,12-15H2,1H3. The molecule has 1 aromatic rings. The number of hydrogen-bond donors (Lipinski definition) is 1. The summed E-state index contributed by atoms with van der Waals surface area (Å²) in [6, 6.07) is 8.51. The normalized spacial score (nSPS) is 15.8. The van der Waals surface area contributed by atoms with Gasteiger partial charge in [0.15, 0.2) is 0 Å². The summed E-state index contributed by atoms with van der Waals surface area (Å²) in [5.41, 5.74) is 2.43. The van der Waals surface area contributed by atoms with Gasteiger partial charge in [0, 0.05) is 25.1 Å². The third-order valence-electron chi connectivity index (χ3n) is 3.57. The monoisotopic (exact) mass is 256 g/mol. The Labute approximate surface area is 117 Å². The molecule has 0 bridgehead atoms. The minimum absolute atomic E-state index is 0.919. The van der Waals surface area contributed by atoms with E-state index in [2.05, 4.69) is 46.3 Å². The van der Waals surface area contributed by atoms with Crippen molar-refractivity contribution >= 4 is 0 Å². The average molecular weight is 256 g/mol. The van der Waals surface area contributed by atoms with Crippen LogP contribution in [0.2, 0.25) is 0 Å². The first-order chi connectivity index (χ1) is 9.38. The highest BCUT2D eigenvalue weighted by Gasteiger charge is 2.07. The van der Waals surface area contributed by atoms with E-state index >= 15 is 0 Å². The Hall–Kier alpha value is -1.30. The van der Waals surface area contributed by atoms with E-state index in [1.54, 1.807) is 0 Å². The van der Waals surface area contributed by atoms with Gasteiger partial charge < -0.3 is 10.2 Å². The van der Waals surface area contributed by atoms with Crippen LogP contribution in [-0.4, -0.2) is 31.6 Å². The van der Waals surface area contributed by atoms with E-state index in [-0.39, 0.29) is 0 Å². The van der Waals surface area contributed by atoms with Crippen molar-refractivity contribution in [1.82, 2.24) is 10.2 Å². The lowest BCUT2D eigenvalue weighted by atomic mass is 10.1. The molecule has 2 nitrogen and oxygen atoms in total. The molecule has 0 aliphatic carbocycles. The summed E-state index contributed by atoms with van der Waals surface area (Å²) in [5, 5.41) is 3.15. The molecule has 0 amide bonds. The molecule has 0 unspecified atom stereocenters. The molecule has 0 spiro atoms. The van der Waals surface area contributed by atoms with E-state index in [4.69, 9.17) is 0 Å². The van der Waals surface area contributed by atoms with Crippen LogP contribution in [0.3, 0.4) is 0 Å². The molecule has 1 heterocycles. The molecular formula is C17H24N2. The van der Waals surface area contributed by atoms with Gasteiger partial charge >= 0.3 is 0 Å². The van der Waals surface area contributed by atoms with Crippen molar-refractivity contribution in [2.24, 2.45) is 0 Å². The Morgan fingerprint density at radius 2 is 1.84 bits per heavy atom. The van der Waals surface area contributed by atoms with Crippen LogP contribution < -0.4 is 5.32 Å². The Kier molecular flexibility index (Phi) is 5.94. The number of nitrogens with zero attached hydrogens (tertiary/aromatic N) is 1. The summed E-state index contributed by atoms with van der Waals surface area (Å²) in [4.78, 5) is 2.54. The fourth-order valence-corrected chi connectivity index (χ4v) is 2.47. The molecule has 1 fully saturated rings. The fraction of sp³-hybridized carbons (Fsp3) is 0.529. The van der Waals surface area contributed by atoms with Crippen molar-refractivity contribution < 1.29 is 0 Å². The number of hydrogen-bond acceptors (Lipinski definition) is 2. The van der Waals surface area contributed by atoms with Crippen LogP contribution in [0.25, 0.3) is 0 Å². The molecule has 2 rings (SSSR count). The van der Waals surface area contributed by atoms with E-state index in [9.17, 15) is 0 Å². The lowest BCUT2D eigenvalue weighted by molar-refractivity contribution is 0.234. The minimum atomic E-state index is 0.919. The van der Waals surface area contributed by atoms with E-state index in [0.717, 1.165) is 25.1 Å². The van der Waals surface area contributed by atoms with E-state index < -0.39 is 0 Å². The molecule has 0 saturated carbocycles. The molecule has 2 heteroatoms. The first kappa shape index (κ1) is 14.1. The molecule has 1 aliphatic heterocycles. The van der Waals surface area contributed by atoms with Crippen molar-refractivity contribution in [2.45, 2.75) is 32.2 Å². The van der Waals surface area contributed by atoms with Gasteiger partial charge in [-0.2, -0.15) is 0 Å². The number of benzene rings is 1. The minimum Gasteiger partial charge on any atom is -0.316 e. The second-order valence-corrected chi connectivity index (χ2v) is 5.18. The predicted octanol–water partition coefficient (Wildman–Crippen LogP) is 2.63. The summed E-state index contributed by atoms with van der Waals surface area (Å²) in [5.74, 6) is 6.55. The van der Waals surface area contributed by atoms with Gasteiger partial charge in [-0.15, -0.1) is 0 Å². The molecule has 102 valence electrons. The van der Waals surface area contributed by atoms with Crippen molar-refractivity contribution in [3.05, 3.63) is 35.4 Å². The second-order valence-electron chi connectivity index (χ2n) is 5.18. The van der Waals surface area contributed by atoms with Gasteiger partial charge in [0.05, 0.1) is 0 Å². The van der Waals surface area contributed by atoms with Gasteiger partial charge in [-0.25, -0.2) is 0 Å². The number of rotatable bonds is 4. The van der Waals surface area contributed by atoms with E-state index in [1.807, 2.05) is 7.05 Å². The van der Waals surface area contributed by atoms with Crippen LogP contribution in [0.5, 0.6) is 0 Å². The van der Waals surface area contributed by atoms with Crippen LogP contribution in [0, 0.1) is 11.8 Å². The molecule has 1 aromatic carbocycles. The van der Waals surface area contributed by atoms with Crippen LogP contribution in [-0.2, 0) is 6.54 Å². The van der Waals surface area contributed by atoms with E-state index in [1.165, 1.54) is 37.9 Å². The zero-order chi connectivity index (χ0) is 13.3. The largest absolute Gasteiger partial charge is 0.316 e. The molecule has 1 aliphatic rings. The molecule has 0 aromatic heterocycles. The van der Waals surface area contributed by atoms with Gasteiger partial charge in [-0.05, 0) is 50.7 Å². The zero-order valence-electron chi connectivity index (χ0n) is 11.9. The Bertz CT molecular complexity index is 419. The SMILES string of the molecule is CNCc1ccc(C#CCCN2CCCCC2)cc1. The molecule has 1 N–H and O–H groups in total. The zero-order valence-corrected chi connectivity index (χ0v) is 11.9. The third kappa shape index (κ3) is 5.06. The topological polar surface area (TPSA) is 15.3 Å². The van der Waals surface area contributed by atoms with Gasteiger partial charge in [-0.1, -0.05) is 30.4 Å². The van der Waals surface area contributed by atoms with E-state index in [0.29, 0.717) is 0 Å². The van der Waals surface area contributed by atoms with Crippen LogP contribution in [0.4, 0.5) is 0 Å². The maximum Gasteiger partial charge on any atom is 0.0245 e. The first-order valence-electron chi connectivity index (χ1n) is 7.33. The van der Waals surface area contributed by atoms with Crippen molar-refractivity contribution in [3.8, 4) is 11.8 Å². The lowest BCUT2D eigenvalue weighted by Crippen LogP contribution is -2.30. The molecule has 19 heavy (non-hydrogen) atoms. The van der Waals surface area contributed by atoms with Gasteiger partial charge in [0.2, 0.25) is 0 Å². The maximum absolute atomic E-state index is 3.29. The van der Waals surface area contributed by atoms with Gasteiger partial charge in [-0.3, -0.25) is 0 Å². The lowest BCUT2D eigenvalue weighted by Gasteiger charge is -2.25. The van der Waals surface area contributed by atoms with Crippen molar-refractivity contribution in [1.29, 1.82) is 0 Å². The number of piperidine rings is 1. The van der Waals surface area contributed by atoms with Crippen LogP contribution >= 0.6 is 0 Å². The maximum atomic E-state index is 3.29. The molecule has 0 atom stereocenters. The molecular weight excluding hydrogens is 232 g/mol. The van der Waals surface area contributed by atoms with Gasteiger partial charge in [0.25, 0.3) is 0 Å². The molecule has 0 radical (unpaired) electrons. The smallest absolute Gasteiger partial charge is 0.0245 e. The quantitative estimate of drug-likeness (QED) is 0.833. The fourth-order valence-electron chi connectivity index (χ4n) is 2.47. The van der Waals surface area contributed by atoms with Crippen LogP contribution in [0.1, 0.15) is 36.8 Å². The highest BCUT2D eigenvalue weighted by atomic mass is 15.1. The summed E-state index contributed by atoms with van der Waals surface area (Å²) < 4.78 is 0. The summed E-state index contributed by atoms with van der Waals surface area (Å²) in [6.07, 6.45) is 5.11. The van der Waals surface area contributed by atoms with Gasteiger partial charge in [0.1, 0.15) is 0 Å². The third-order valence-corrected chi connectivity index (χ3v) is 3.57. The van der Waals surface area contributed by atoms with Crippen molar-refractivity contribution in [3.63, 3.8) is 0 Å². The Morgan fingerprint density at radius 1 is 1.11 bits per heavy atom. The number of likely N-dealkylation sites (tertiary alicyclic amines) is 1. The molecule has 1 saturated heterocycles. The highest BCUT2D eigenvalue weighted by Crippen LogP contribution is 2.08. The first-order valence-corrected chi connectivity index (χ1v) is 7.33. The Morgan fingerprint density at radius 3 is 2.53 bits per heavy atom. The summed E-state index contributed by atoms with van der Waals surface area (Å²) >= 11 is 0. The van der Waals surface area contributed by atoms with Crippen molar-refractivity contribution in [2.75, 3.05) is 26.7 Å². The average Bonchev–Trinajstić information content (AvgIpc) is 2.47. The number of nitrogens with one attached hydrogen (secondary N) is 1. The highest BCUT2D eigenvalue weighted by molar-refractivity contribution is 5.36. The Balaban J connectivity index is 1.75. The summed E-state index contributed by atoms with van der Waals surface area (Å²) in [7, 11) is 1.97. The van der Waals surface area contributed by atoms with Crippen LogP contribution in [0.15, 0.2) is 24.3 Å². The summed E-state index contributed by atoms with van der Waals surface area (Å²) in [6.45, 7) is 4.58. The second kappa shape index (κ2) is 7.99. The predicted molar refractivity (Wildman–Crippen MR) is 81.0 cm³/mol.